The van der Waals surface area contributed by atoms with Gasteiger partial charge in [0.25, 0.3) is 5.91 Å². The SMILES string of the molecule is O=C(NCC(c1ccco1)N1CCCC1)c1ccc(NC(=O)N2Cc3ccc(F)cc3C2)cc1. The second-order valence-electron chi connectivity index (χ2n) is 8.76. The van der Waals surface area contributed by atoms with Crippen LogP contribution in [0.1, 0.15) is 46.1 Å². The summed E-state index contributed by atoms with van der Waals surface area (Å²) in [6.07, 6.45) is 3.96. The molecule has 1 aromatic heterocycles. The van der Waals surface area contributed by atoms with E-state index in [4.69, 9.17) is 4.42 Å². The summed E-state index contributed by atoms with van der Waals surface area (Å²) < 4.78 is 19.0. The minimum absolute atomic E-state index is 0.0121. The number of rotatable bonds is 6. The predicted octanol–water partition coefficient (Wildman–Crippen LogP) is 4.53. The molecule has 0 bridgehead atoms. The predicted molar refractivity (Wildman–Crippen MR) is 126 cm³/mol. The first kappa shape index (κ1) is 22.2. The minimum atomic E-state index is -0.300. The van der Waals surface area contributed by atoms with Crippen LogP contribution in [0.4, 0.5) is 14.9 Å². The van der Waals surface area contributed by atoms with Gasteiger partial charge >= 0.3 is 6.03 Å². The molecular weight excluding hydrogens is 435 g/mol. The van der Waals surface area contributed by atoms with Crippen molar-refractivity contribution in [2.75, 3.05) is 25.0 Å². The molecule has 34 heavy (non-hydrogen) atoms. The molecule has 2 aliphatic rings. The van der Waals surface area contributed by atoms with Crippen molar-refractivity contribution in [2.45, 2.75) is 32.0 Å². The van der Waals surface area contributed by atoms with Crippen LogP contribution in [-0.4, -0.2) is 41.4 Å². The number of hydrogen-bond donors (Lipinski definition) is 2. The third kappa shape index (κ3) is 4.82. The normalized spacial score (nSPS) is 16.3. The van der Waals surface area contributed by atoms with Gasteiger partial charge in [0.2, 0.25) is 0 Å². The Morgan fingerprint density at radius 1 is 1.00 bits per heavy atom. The van der Waals surface area contributed by atoms with E-state index >= 15 is 0 Å². The number of urea groups is 1. The zero-order valence-electron chi connectivity index (χ0n) is 18.8. The quantitative estimate of drug-likeness (QED) is 0.564. The fraction of sp³-hybridized carbons (Fsp3) is 0.308. The van der Waals surface area contributed by atoms with Crippen molar-refractivity contribution in [3.05, 3.63) is 89.1 Å². The Labute approximate surface area is 197 Å². The Morgan fingerprint density at radius 3 is 2.50 bits per heavy atom. The molecule has 3 amide bonds. The van der Waals surface area contributed by atoms with Crippen molar-refractivity contribution in [1.82, 2.24) is 15.1 Å². The van der Waals surface area contributed by atoms with E-state index < -0.39 is 0 Å². The standard InChI is InChI=1S/C26H27FN4O3/c27-21-8-5-19-16-31(17-20(19)14-21)26(33)29-22-9-6-18(7-10-22)25(32)28-15-23(24-4-3-13-34-24)30-11-1-2-12-30/h3-10,13-14,23H,1-2,11-12,15-17H2,(H,28,32)(H,29,33). The highest BCUT2D eigenvalue weighted by Gasteiger charge is 2.26. The van der Waals surface area contributed by atoms with Crippen LogP contribution >= 0.6 is 0 Å². The zero-order valence-corrected chi connectivity index (χ0v) is 18.8. The number of hydrogen-bond acceptors (Lipinski definition) is 4. The lowest BCUT2D eigenvalue weighted by atomic mass is 10.1. The monoisotopic (exact) mass is 462 g/mol. The van der Waals surface area contributed by atoms with Gasteiger partial charge in [0.05, 0.1) is 12.3 Å². The number of nitrogens with zero attached hydrogens (tertiary/aromatic N) is 2. The molecule has 2 aliphatic heterocycles. The average Bonchev–Trinajstić information content (AvgIpc) is 3.61. The third-order valence-corrected chi connectivity index (χ3v) is 6.49. The van der Waals surface area contributed by atoms with E-state index in [1.165, 1.54) is 12.1 Å². The molecule has 5 rings (SSSR count). The number of benzene rings is 2. The van der Waals surface area contributed by atoms with Crippen LogP contribution in [0.2, 0.25) is 0 Å². The lowest BCUT2D eigenvalue weighted by Crippen LogP contribution is -2.36. The summed E-state index contributed by atoms with van der Waals surface area (Å²) in [5.41, 5.74) is 2.88. The molecule has 0 aliphatic carbocycles. The largest absolute Gasteiger partial charge is 0.468 e. The van der Waals surface area contributed by atoms with Crippen molar-refractivity contribution in [1.29, 1.82) is 0 Å². The number of carbonyl (C=O) groups is 2. The molecule has 1 unspecified atom stereocenters. The van der Waals surface area contributed by atoms with Crippen LogP contribution in [0.15, 0.2) is 65.3 Å². The highest BCUT2D eigenvalue weighted by atomic mass is 19.1. The molecule has 3 aromatic rings. The van der Waals surface area contributed by atoms with Crippen LogP contribution in [0, 0.1) is 5.82 Å². The number of amides is 3. The first-order valence-corrected chi connectivity index (χ1v) is 11.6. The van der Waals surface area contributed by atoms with E-state index in [1.54, 1.807) is 41.5 Å². The molecule has 8 heteroatoms. The van der Waals surface area contributed by atoms with E-state index in [-0.39, 0.29) is 23.8 Å². The summed E-state index contributed by atoms with van der Waals surface area (Å²) in [6.45, 7) is 3.25. The molecule has 0 radical (unpaired) electrons. The summed E-state index contributed by atoms with van der Waals surface area (Å²) in [5.74, 6) is 0.378. The van der Waals surface area contributed by atoms with Crippen LogP contribution in [0.25, 0.3) is 0 Å². The van der Waals surface area contributed by atoms with Gasteiger partial charge in [0, 0.05) is 30.9 Å². The number of likely N-dealkylation sites (tertiary alicyclic amines) is 1. The lowest BCUT2D eigenvalue weighted by Gasteiger charge is -2.26. The summed E-state index contributed by atoms with van der Waals surface area (Å²) in [5, 5.41) is 5.86. The van der Waals surface area contributed by atoms with E-state index in [0.29, 0.717) is 30.9 Å². The molecular formula is C26H27FN4O3. The lowest BCUT2D eigenvalue weighted by molar-refractivity contribution is 0.0933. The number of halogens is 1. The van der Waals surface area contributed by atoms with Crippen LogP contribution < -0.4 is 10.6 Å². The fourth-order valence-corrected chi connectivity index (χ4v) is 4.65. The number of anilines is 1. The summed E-state index contributed by atoms with van der Waals surface area (Å²) in [4.78, 5) is 29.3. The maximum absolute atomic E-state index is 13.4. The van der Waals surface area contributed by atoms with Crippen LogP contribution in [0.3, 0.4) is 0 Å². The number of nitrogens with one attached hydrogen (secondary N) is 2. The van der Waals surface area contributed by atoms with Crippen LogP contribution in [-0.2, 0) is 13.1 Å². The van der Waals surface area contributed by atoms with Gasteiger partial charge in [0.15, 0.2) is 0 Å². The fourth-order valence-electron chi connectivity index (χ4n) is 4.65. The van der Waals surface area contributed by atoms with Crippen molar-refractivity contribution in [3.63, 3.8) is 0 Å². The van der Waals surface area contributed by atoms with Crippen molar-refractivity contribution in [2.24, 2.45) is 0 Å². The maximum Gasteiger partial charge on any atom is 0.322 e. The van der Waals surface area contributed by atoms with Crippen molar-refractivity contribution < 1.29 is 18.4 Å². The topological polar surface area (TPSA) is 77.8 Å². The van der Waals surface area contributed by atoms with Gasteiger partial charge < -0.3 is 20.0 Å². The summed E-state index contributed by atoms with van der Waals surface area (Å²) in [6, 6.07) is 15.0. The number of carbonyl (C=O) groups excluding carboxylic acids is 2. The van der Waals surface area contributed by atoms with Crippen molar-refractivity contribution >= 4 is 17.6 Å². The van der Waals surface area contributed by atoms with Crippen LogP contribution in [0.5, 0.6) is 0 Å². The van der Waals surface area contributed by atoms with E-state index in [2.05, 4.69) is 15.5 Å². The second kappa shape index (κ2) is 9.69. The average molecular weight is 463 g/mol. The number of fused-ring (bicyclic) bond motifs is 1. The Hall–Kier alpha value is -3.65. The Bertz CT molecular complexity index is 1160. The third-order valence-electron chi connectivity index (χ3n) is 6.49. The van der Waals surface area contributed by atoms with E-state index in [1.807, 2.05) is 12.1 Å². The number of furan rings is 1. The van der Waals surface area contributed by atoms with Gasteiger partial charge in [0.1, 0.15) is 11.6 Å². The minimum Gasteiger partial charge on any atom is -0.468 e. The molecule has 176 valence electrons. The van der Waals surface area contributed by atoms with Gasteiger partial charge in [-0.05, 0) is 85.6 Å². The van der Waals surface area contributed by atoms with E-state index in [0.717, 1.165) is 42.8 Å². The second-order valence-corrected chi connectivity index (χ2v) is 8.76. The summed E-state index contributed by atoms with van der Waals surface area (Å²) >= 11 is 0. The first-order chi connectivity index (χ1) is 16.6. The maximum atomic E-state index is 13.4. The summed E-state index contributed by atoms with van der Waals surface area (Å²) in [7, 11) is 0. The molecule has 7 nitrogen and oxygen atoms in total. The molecule has 1 atom stereocenters. The molecule has 3 heterocycles. The van der Waals surface area contributed by atoms with Gasteiger partial charge in [-0.25, -0.2) is 9.18 Å². The Balaban J connectivity index is 1.16. The van der Waals surface area contributed by atoms with Gasteiger partial charge in [-0.3, -0.25) is 9.69 Å². The Morgan fingerprint density at radius 2 is 1.76 bits per heavy atom. The van der Waals surface area contributed by atoms with Gasteiger partial charge in [-0.1, -0.05) is 6.07 Å². The molecule has 1 fully saturated rings. The molecule has 0 saturated carbocycles. The Kier molecular flexibility index (Phi) is 6.31. The molecule has 1 saturated heterocycles. The first-order valence-electron chi connectivity index (χ1n) is 11.6. The smallest absolute Gasteiger partial charge is 0.322 e. The highest BCUT2D eigenvalue weighted by molar-refractivity contribution is 5.95. The highest BCUT2D eigenvalue weighted by Crippen LogP contribution is 2.26. The van der Waals surface area contributed by atoms with Crippen molar-refractivity contribution in [3.8, 4) is 0 Å². The molecule has 0 spiro atoms. The van der Waals surface area contributed by atoms with E-state index in [9.17, 15) is 14.0 Å². The molecule has 2 N–H and O–H groups in total. The zero-order chi connectivity index (χ0) is 23.5. The molecule has 2 aromatic carbocycles. The van der Waals surface area contributed by atoms with Gasteiger partial charge in [-0.15, -0.1) is 0 Å². The van der Waals surface area contributed by atoms with Gasteiger partial charge in [-0.2, -0.15) is 0 Å².